The van der Waals surface area contributed by atoms with Gasteiger partial charge in [-0.05, 0) is 13.8 Å². The van der Waals surface area contributed by atoms with E-state index in [-0.39, 0.29) is 6.42 Å². The lowest BCUT2D eigenvalue weighted by molar-refractivity contribution is -0.138. The Bertz CT molecular complexity index is 419. The minimum atomic E-state index is -1.02. The normalized spacial score (nSPS) is 10.9. The Kier molecular flexibility index (Phi) is 3.62. The van der Waals surface area contributed by atoms with Gasteiger partial charge in [-0.25, -0.2) is 14.8 Å². The number of urea groups is 1. The minimum absolute atomic E-state index is 0.231. The second-order valence-corrected chi connectivity index (χ2v) is 4.15. The lowest BCUT2D eigenvalue weighted by Gasteiger charge is -2.35. The van der Waals surface area contributed by atoms with E-state index in [1.54, 1.807) is 13.8 Å². The molecule has 0 fully saturated rings. The zero-order valence-electron chi connectivity index (χ0n) is 9.62. The Morgan fingerprint density at radius 3 is 2.35 bits per heavy atom. The maximum absolute atomic E-state index is 11.4. The highest BCUT2D eigenvalue weighted by Gasteiger charge is 2.33. The van der Waals surface area contributed by atoms with Gasteiger partial charge in [0.1, 0.15) is 6.33 Å². The van der Waals surface area contributed by atoms with Crippen molar-refractivity contribution in [1.82, 2.24) is 9.97 Å². The first-order chi connectivity index (χ1) is 7.84. The largest absolute Gasteiger partial charge is 0.481 e. The molecule has 0 atom stereocenters. The van der Waals surface area contributed by atoms with Crippen molar-refractivity contribution < 1.29 is 14.7 Å². The summed E-state index contributed by atoms with van der Waals surface area (Å²) in [7, 11) is 0. The Hall–Kier alpha value is -2.18. The second-order valence-electron chi connectivity index (χ2n) is 4.15. The SMILES string of the molecule is CC(C)(CC(=O)O)N(C(N)=O)c1cncnc1. The maximum Gasteiger partial charge on any atom is 0.319 e. The first kappa shape index (κ1) is 12.9. The van der Waals surface area contributed by atoms with Gasteiger partial charge < -0.3 is 10.8 Å². The van der Waals surface area contributed by atoms with Gasteiger partial charge in [0.05, 0.1) is 30.0 Å². The number of amides is 2. The van der Waals surface area contributed by atoms with Gasteiger partial charge in [0.2, 0.25) is 0 Å². The molecule has 0 aromatic carbocycles. The molecule has 1 heterocycles. The van der Waals surface area contributed by atoms with Crippen LogP contribution in [0.15, 0.2) is 18.7 Å². The number of aromatic nitrogens is 2. The standard InChI is InChI=1S/C10H14N4O3/c1-10(2,3-8(15)16)14(9(11)17)7-4-12-6-13-5-7/h4-6H,3H2,1-2H3,(H2,11,17)(H,15,16). The summed E-state index contributed by atoms with van der Waals surface area (Å²) in [6.45, 7) is 3.22. The first-order valence-corrected chi connectivity index (χ1v) is 4.91. The third-order valence-corrected chi connectivity index (χ3v) is 2.21. The van der Waals surface area contributed by atoms with E-state index in [0.29, 0.717) is 5.69 Å². The van der Waals surface area contributed by atoms with Gasteiger partial charge in [-0.15, -0.1) is 0 Å². The quantitative estimate of drug-likeness (QED) is 0.798. The molecular weight excluding hydrogens is 224 g/mol. The predicted octanol–water partition coefficient (Wildman–Crippen LogP) is 0.615. The number of nitrogens with two attached hydrogens (primary N) is 1. The molecule has 1 aromatic heterocycles. The number of carbonyl (C=O) groups excluding carboxylic acids is 1. The molecule has 0 aliphatic carbocycles. The molecule has 0 aliphatic rings. The lowest BCUT2D eigenvalue weighted by atomic mass is 9.98. The average Bonchev–Trinajstić information content (AvgIpc) is 2.15. The molecule has 17 heavy (non-hydrogen) atoms. The van der Waals surface area contributed by atoms with Gasteiger partial charge in [-0.1, -0.05) is 0 Å². The van der Waals surface area contributed by atoms with Crippen molar-refractivity contribution in [2.45, 2.75) is 25.8 Å². The Morgan fingerprint density at radius 2 is 1.94 bits per heavy atom. The van der Waals surface area contributed by atoms with Crippen LogP contribution in [0.4, 0.5) is 10.5 Å². The summed E-state index contributed by atoms with van der Waals surface area (Å²) in [4.78, 5) is 30.9. The monoisotopic (exact) mass is 238 g/mol. The number of carbonyl (C=O) groups is 2. The summed E-state index contributed by atoms with van der Waals surface area (Å²) in [6.07, 6.45) is 3.89. The van der Waals surface area contributed by atoms with Crippen molar-refractivity contribution in [3.63, 3.8) is 0 Å². The third kappa shape index (κ3) is 3.13. The fourth-order valence-electron chi connectivity index (χ4n) is 1.63. The van der Waals surface area contributed by atoms with Crippen molar-refractivity contribution in [3.8, 4) is 0 Å². The molecule has 2 amide bonds. The van der Waals surface area contributed by atoms with Crippen LogP contribution >= 0.6 is 0 Å². The molecule has 7 heteroatoms. The molecule has 0 aliphatic heterocycles. The van der Waals surface area contributed by atoms with Gasteiger partial charge >= 0.3 is 12.0 Å². The van der Waals surface area contributed by atoms with Crippen LogP contribution in [0.2, 0.25) is 0 Å². The number of rotatable bonds is 4. The smallest absolute Gasteiger partial charge is 0.319 e. The predicted molar refractivity (Wildman–Crippen MR) is 60.4 cm³/mol. The highest BCUT2D eigenvalue weighted by Crippen LogP contribution is 2.25. The number of hydrogen-bond acceptors (Lipinski definition) is 4. The van der Waals surface area contributed by atoms with Gasteiger partial charge in [0, 0.05) is 0 Å². The Labute approximate surface area is 98.3 Å². The van der Waals surface area contributed by atoms with E-state index in [1.165, 1.54) is 23.6 Å². The van der Waals surface area contributed by atoms with Crippen LogP contribution in [-0.2, 0) is 4.79 Å². The molecule has 0 spiro atoms. The van der Waals surface area contributed by atoms with Crippen molar-refractivity contribution in [2.75, 3.05) is 4.90 Å². The first-order valence-electron chi connectivity index (χ1n) is 4.91. The Morgan fingerprint density at radius 1 is 1.41 bits per heavy atom. The number of carboxylic acid groups (broad SMARTS) is 1. The van der Waals surface area contributed by atoms with Crippen molar-refractivity contribution in [2.24, 2.45) is 5.73 Å². The number of primary amides is 1. The number of carboxylic acids is 1. The number of anilines is 1. The molecule has 0 radical (unpaired) electrons. The third-order valence-electron chi connectivity index (χ3n) is 2.21. The van der Waals surface area contributed by atoms with Gasteiger partial charge in [-0.3, -0.25) is 9.69 Å². The highest BCUT2D eigenvalue weighted by atomic mass is 16.4. The fraction of sp³-hybridized carbons (Fsp3) is 0.400. The van der Waals surface area contributed by atoms with Crippen LogP contribution in [0, 0.1) is 0 Å². The van der Waals surface area contributed by atoms with E-state index in [2.05, 4.69) is 9.97 Å². The molecule has 0 saturated carbocycles. The van der Waals surface area contributed by atoms with Crippen molar-refractivity contribution >= 4 is 17.7 Å². The van der Waals surface area contributed by atoms with Crippen LogP contribution in [-0.4, -0.2) is 32.6 Å². The van der Waals surface area contributed by atoms with E-state index in [1.807, 2.05) is 0 Å². The van der Waals surface area contributed by atoms with Crippen LogP contribution < -0.4 is 10.6 Å². The molecule has 1 aromatic rings. The zero-order valence-corrected chi connectivity index (χ0v) is 9.62. The molecule has 0 saturated heterocycles. The van der Waals surface area contributed by atoms with E-state index in [9.17, 15) is 9.59 Å². The summed E-state index contributed by atoms with van der Waals surface area (Å²) in [5.41, 5.74) is 4.68. The van der Waals surface area contributed by atoms with E-state index in [4.69, 9.17) is 10.8 Å². The van der Waals surface area contributed by atoms with E-state index < -0.39 is 17.5 Å². The van der Waals surface area contributed by atoms with Crippen LogP contribution in [0.3, 0.4) is 0 Å². The average molecular weight is 238 g/mol. The molecular formula is C10H14N4O3. The maximum atomic E-state index is 11.4. The summed E-state index contributed by atoms with van der Waals surface area (Å²) >= 11 is 0. The van der Waals surface area contributed by atoms with Crippen molar-refractivity contribution in [3.05, 3.63) is 18.7 Å². The second kappa shape index (κ2) is 4.77. The van der Waals surface area contributed by atoms with Crippen LogP contribution in [0.25, 0.3) is 0 Å². The number of aliphatic carboxylic acids is 1. The molecule has 3 N–H and O–H groups in total. The minimum Gasteiger partial charge on any atom is -0.481 e. The topological polar surface area (TPSA) is 109 Å². The molecule has 1 rings (SSSR count). The molecule has 7 nitrogen and oxygen atoms in total. The summed E-state index contributed by atoms with van der Waals surface area (Å²) in [6, 6.07) is -0.744. The molecule has 92 valence electrons. The summed E-state index contributed by atoms with van der Waals surface area (Å²) in [5, 5.41) is 8.82. The van der Waals surface area contributed by atoms with Gasteiger partial charge in [-0.2, -0.15) is 0 Å². The fourth-order valence-corrected chi connectivity index (χ4v) is 1.63. The summed E-state index contributed by atoms with van der Waals surface area (Å²) in [5.74, 6) is -1.02. The summed E-state index contributed by atoms with van der Waals surface area (Å²) < 4.78 is 0. The lowest BCUT2D eigenvalue weighted by Crippen LogP contribution is -2.51. The van der Waals surface area contributed by atoms with Gasteiger partial charge in [0.15, 0.2) is 0 Å². The van der Waals surface area contributed by atoms with E-state index in [0.717, 1.165) is 0 Å². The molecule has 0 bridgehead atoms. The molecule has 0 unspecified atom stereocenters. The Balaban J connectivity index is 3.10. The van der Waals surface area contributed by atoms with Crippen LogP contribution in [0.5, 0.6) is 0 Å². The number of nitrogens with zero attached hydrogens (tertiary/aromatic N) is 3. The van der Waals surface area contributed by atoms with E-state index >= 15 is 0 Å². The highest BCUT2D eigenvalue weighted by molar-refractivity contribution is 5.92. The van der Waals surface area contributed by atoms with Crippen LogP contribution in [0.1, 0.15) is 20.3 Å². The van der Waals surface area contributed by atoms with Gasteiger partial charge in [0.25, 0.3) is 0 Å². The number of hydrogen-bond donors (Lipinski definition) is 2. The van der Waals surface area contributed by atoms with Crippen molar-refractivity contribution in [1.29, 1.82) is 0 Å². The zero-order chi connectivity index (χ0) is 13.1.